The van der Waals surface area contributed by atoms with Gasteiger partial charge in [0.2, 0.25) is 0 Å². The van der Waals surface area contributed by atoms with Crippen molar-refractivity contribution in [1.29, 1.82) is 0 Å². The number of nitrogens with zero attached hydrogens (tertiary/aromatic N) is 3. The molecule has 84 valence electrons. The third kappa shape index (κ3) is 2.16. The van der Waals surface area contributed by atoms with Crippen LogP contribution in [-0.2, 0) is 5.41 Å². The molecule has 0 fully saturated rings. The lowest BCUT2D eigenvalue weighted by Crippen LogP contribution is -2.09. The molecule has 2 aromatic rings. The summed E-state index contributed by atoms with van der Waals surface area (Å²) in [5.74, 6) is 0.818. The van der Waals surface area contributed by atoms with Crippen LogP contribution in [0.4, 0.5) is 0 Å². The fraction of sp³-hybridized carbons (Fsp3) is 0.333. The standard InChI is InChI=1S/C12H14BrN3/c1-12(2,3)9-7-15-16(8-9)11-10(13)5-4-6-14-11/h4-8H,1-3H3. The maximum atomic E-state index is 4.34. The summed E-state index contributed by atoms with van der Waals surface area (Å²) in [5, 5.41) is 4.34. The fourth-order valence-corrected chi connectivity index (χ4v) is 1.81. The predicted octanol–water partition coefficient (Wildman–Crippen LogP) is 3.33. The van der Waals surface area contributed by atoms with E-state index in [1.54, 1.807) is 10.9 Å². The monoisotopic (exact) mass is 279 g/mol. The lowest BCUT2D eigenvalue weighted by molar-refractivity contribution is 0.590. The minimum absolute atomic E-state index is 0.111. The van der Waals surface area contributed by atoms with Crippen LogP contribution in [0.25, 0.3) is 5.82 Å². The Balaban J connectivity index is 2.44. The van der Waals surface area contributed by atoms with Gasteiger partial charge >= 0.3 is 0 Å². The summed E-state index contributed by atoms with van der Waals surface area (Å²) in [6.45, 7) is 6.51. The van der Waals surface area contributed by atoms with E-state index in [-0.39, 0.29) is 5.41 Å². The first-order valence-corrected chi connectivity index (χ1v) is 5.94. The van der Waals surface area contributed by atoms with E-state index in [4.69, 9.17) is 0 Å². The van der Waals surface area contributed by atoms with Crippen LogP contribution in [0.3, 0.4) is 0 Å². The highest BCUT2D eigenvalue weighted by atomic mass is 79.9. The molecule has 0 bridgehead atoms. The molecule has 0 saturated heterocycles. The highest BCUT2D eigenvalue weighted by molar-refractivity contribution is 9.10. The molecule has 0 aliphatic carbocycles. The molecule has 0 radical (unpaired) electrons. The molecule has 4 heteroatoms. The van der Waals surface area contributed by atoms with Gasteiger partial charge in [-0.2, -0.15) is 5.10 Å². The zero-order valence-electron chi connectivity index (χ0n) is 9.61. The lowest BCUT2D eigenvalue weighted by atomic mass is 9.90. The molecule has 0 N–H and O–H groups in total. The average molecular weight is 280 g/mol. The van der Waals surface area contributed by atoms with Crippen molar-refractivity contribution >= 4 is 15.9 Å². The van der Waals surface area contributed by atoms with Crippen LogP contribution in [0.15, 0.2) is 35.2 Å². The topological polar surface area (TPSA) is 30.7 Å². The van der Waals surface area contributed by atoms with Crippen LogP contribution in [0, 0.1) is 0 Å². The Morgan fingerprint density at radius 1 is 1.31 bits per heavy atom. The Bertz CT molecular complexity index is 497. The van der Waals surface area contributed by atoms with E-state index in [0.717, 1.165) is 10.3 Å². The summed E-state index contributed by atoms with van der Waals surface area (Å²) in [5.41, 5.74) is 1.31. The SMILES string of the molecule is CC(C)(C)c1cnn(-c2ncccc2Br)c1. The summed E-state index contributed by atoms with van der Waals surface area (Å²) in [7, 11) is 0. The van der Waals surface area contributed by atoms with Crippen molar-refractivity contribution in [3.05, 3.63) is 40.8 Å². The number of rotatable bonds is 1. The first-order chi connectivity index (χ1) is 7.48. The Labute approximate surface area is 104 Å². The number of halogens is 1. The summed E-state index contributed by atoms with van der Waals surface area (Å²) in [4.78, 5) is 4.30. The van der Waals surface area contributed by atoms with Crippen LogP contribution in [-0.4, -0.2) is 14.8 Å². The molecule has 2 rings (SSSR count). The van der Waals surface area contributed by atoms with Gasteiger partial charge in [0.25, 0.3) is 0 Å². The average Bonchev–Trinajstić information content (AvgIpc) is 2.66. The van der Waals surface area contributed by atoms with Crippen LogP contribution >= 0.6 is 15.9 Å². The molecule has 0 unspecified atom stereocenters. The largest absolute Gasteiger partial charge is 0.236 e. The molecule has 16 heavy (non-hydrogen) atoms. The molecule has 3 nitrogen and oxygen atoms in total. The molecular formula is C12H14BrN3. The zero-order chi connectivity index (χ0) is 11.8. The quantitative estimate of drug-likeness (QED) is 0.802. The van der Waals surface area contributed by atoms with E-state index in [2.05, 4.69) is 46.8 Å². The number of pyridine rings is 1. The van der Waals surface area contributed by atoms with E-state index in [0.29, 0.717) is 0 Å². The molecule has 0 aliphatic rings. The van der Waals surface area contributed by atoms with E-state index < -0.39 is 0 Å². The Morgan fingerprint density at radius 3 is 2.62 bits per heavy atom. The van der Waals surface area contributed by atoms with E-state index in [1.807, 2.05) is 24.5 Å². The van der Waals surface area contributed by atoms with Crippen molar-refractivity contribution in [1.82, 2.24) is 14.8 Å². The number of hydrogen-bond donors (Lipinski definition) is 0. The van der Waals surface area contributed by atoms with Crippen molar-refractivity contribution in [2.24, 2.45) is 0 Å². The van der Waals surface area contributed by atoms with Crippen LogP contribution in [0.2, 0.25) is 0 Å². The van der Waals surface area contributed by atoms with Gasteiger partial charge in [0.05, 0.1) is 10.7 Å². The maximum absolute atomic E-state index is 4.34. The molecule has 0 spiro atoms. The van der Waals surface area contributed by atoms with Crippen LogP contribution in [0.5, 0.6) is 0 Å². The van der Waals surface area contributed by atoms with Gasteiger partial charge in [-0.05, 0) is 39.0 Å². The summed E-state index contributed by atoms with van der Waals surface area (Å²) < 4.78 is 2.74. The molecule has 0 amide bonds. The van der Waals surface area contributed by atoms with Gasteiger partial charge in [0, 0.05) is 12.4 Å². The molecule has 0 aliphatic heterocycles. The first kappa shape index (κ1) is 11.3. The third-order valence-electron chi connectivity index (χ3n) is 2.40. The van der Waals surface area contributed by atoms with Crippen molar-refractivity contribution in [3.63, 3.8) is 0 Å². The molecule has 0 saturated carbocycles. The van der Waals surface area contributed by atoms with Gasteiger partial charge in [-0.3, -0.25) is 0 Å². The lowest BCUT2D eigenvalue weighted by Gasteiger charge is -2.14. The molecule has 0 aromatic carbocycles. The minimum atomic E-state index is 0.111. The highest BCUT2D eigenvalue weighted by Crippen LogP contribution is 2.23. The molecule has 2 aromatic heterocycles. The Hall–Kier alpha value is -1.16. The second-order valence-corrected chi connectivity index (χ2v) is 5.59. The maximum Gasteiger partial charge on any atom is 0.167 e. The normalized spacial score (nSPS) is 11.8. The molecular weight excluding hydrogens is 266 g/mol. The highest BCUT2D eigenvalue weighted by Gasteiger charge is 2.16. The van der Waals surface area contributed by atoms with E-state index in [1.165, 1.54) is 5.56 Å². The van der Waals surface area contributed by atoms with Gasteiger partial charge in [-0.15, -0.1) is 0 Å². The van der Waals surface area contributed by atoms with Crippen molar-refractivity contribution in [2.45, 2.75) is 26.2 Å². The van der Waals surface area contributed by atoms with Gasteiger partial charge in [0.1, 0.15) is 0 Å². The first-order valence-electron chi connectivity index (χ1n) is 5.14. The number of hydrogen-bond acceptors (Lipinski definition) is 2. The Kier molecular flexibility index (Phi) is 2.84. The Morgan fingerprint density at radius 2 is 2.06 bits per heavy atom. The van der Waals surface area contributed by atoms with Crippen molar-refractivity contribution in [3.8, 4) is 5.82 Å². The molecule has 0 atom stereocenters. The summed E-state index contributed by atoms with van der Waals surface area (Å²) >= 11 is 3.47. The summed E-state index contributed by atoms with van der Waals surface area (Å²) in [6, 6.07) is 3.85. The third-order valence-corrected chi connectivity index (χ3v) is 3.02. The van der Waals surface area contributed by atoms with Gasteiger partial charge < -0.3 is 0 Å². The smallest absolute Gasteiger partial charge is 0.167 e. The number of aromatic nitrogens is 3. The van der Waals surface area contributed by atoms with Gasteiger partial charge in [-0.25, -0.2) is 9.67 Å². The second-order valence-electron chi connectivity index (χ2n) is 4.73. The second kappa shape index (κ2) is 4.01. The minimum Gasteiger partial charge on any atom is -0.236 e. The fourth-order valence-electron chi connectivity index (χ4n) is 1.37. The van der Waals surface area contributed by atoms with Gasteiger partial charge in [-0.1, -0.05) is 20.8 Å². The molecule has 2 heterocycles. The van der Waals surface area contributed by atoms with Crippen LogP contribution < -0.4 is 0 Å². The van der Waals surface area contributed by atoms with E-state index >= 15 is 0 Å². The van der Waals surface area contributed by atoms with Crippen LogP contribution in [0.1, 0.15) is 26.3 Å². The van der Waals surface area contributed by atoms with Crippen molar-refractivity contribution in [2.75, 3.05) is 0 Å². The summed E-state index contributed by atoms with van der Waals surface area (Å²) in [6.07, 6.45) is 5.67. The predicted molar refractivity (Wildman–Crippen MR) is 67.8 cm³/mol. The van der Waals surface area contributed by atoms with E-state index in [9.17, 15) is 0 Å². The van der Waals surface area contributed by atoms with Gasteiger partial charge in [0.15, 0.2) is 5.82 Å². The zero-order valence-corrected chi connectivity index (χ0v) is 11.2. The van der Waals surface area contributed by atoms with Crippen molar-refractivity contribution < 1.29 is 0 Å².